The maximum atomic E-state index is 13.2. The van der Waals surface area contributed by atoms with Gasteiger partial charge in [0.25, 0.3) is 11.8 Å². The topological polar surface area (TPSA) is 119 Å². The summed E-state index contributed by atoms with van der Waals surface area (Å²) in [6.45, 7) is 2.76. The standard InChI is InChI=1S/C34H32N6O4/c1-43-30-18-23-14-17-40(21-24(23)19-31(30)44-2)16-13-22-9-11-25(12-10-22)37-33(41)26-6-5-15-35-32(26)39-34(42)29-20-36-27-7-3-4-8-28(27)38-29/h3-12,15,18-20H,13-14,16-17,21H2,1-2H3,(H,37,41)(H,35,39,42). The molecular weight excluding hydrogens is 556 g/mol. The fraction of sp³-hybridized carbons (Fsp3) is 0.206. The van der Waals surface area contributed by atoms with Crippen LogP contribution in [0.5, 0.6) is 11.5 Å². The van der Waals surface area contributed by atoms with Crippen molar-refractivity contribution in [2.24, 2.45) is 0 Å². The minimum atomic E-state index is -0.503. The van der Waals surface area contributed by atoms with E-state index in [1.54, 1.807) is 32.4 Å². The van der Waals surface area contributed by atoms with Gasteiger partial charge in [-0.1, -0.05) is 24.3 Å². The zero-order valence-electron chi connectivity index (χ0n) is 24.5. The summed E-state index contributed by atoms with van der Waals surface area (Å²) in [5.41, 5.74) is 6.04. The number of methoxy groups -OCH3 is 2. The van der Waals surface area contributed by atoms with E-state index in [-0.39, 0.29) is 23.0 Å². The second-order valence-corrected chi connectivity index (χ2v) is 10.5. The normalized spacial score (nSPS) is 12.8. The molecule has 0 atom stereocenters. The van der Waals surface area contributed by atoms with E-state index in [1.807, 2.05) is 42.5 Å². The average Bonchev–Trinajstić information content (AvgIpc) is 3.07. The number of hydrogen-bond donors (Lipinski definition) is 2. The first-order valence-corrected chi connectivity index (χ1v) is 14.4. The second kappa shape index (κ2) is 12.9. The summed E-state index contributed by atoms with van der Waals surface area (Å²) in [6.07, 6.45) is 4.77. The van der Waals surface area contributed by atoms with Gasteiger partial charge >= 0.3 is 0 Å². The highest BCUT2D eigenvalue weighted by atomic mass is 16.5. The van der Waals surface area contributed by atoms with E-state index in [9.17, 15) is 9.59 Å². The molecule has 2 amide bonds. The van der Waals surface area contributed by atoms with Crippen molar-refractivity contribution in [2.75, 3.05) is 37.9 Å². The van der Waals surface area contributed by atoms with Crippen LogP contribution < -0.4 is 20.1 Å². The predicted molar refractivity (Wildman–Crippen MR) is 168 cm³/mol. The van der Waals surface area contributed by atoms with Gasteiger partial charge in [-0.15, -0.1) is 0 Å². The first-order chi connectivity index (χ1) is 21.5. The third-order valence-electron chi connectivity index (χ3n) is 7.69. The predicted octanol–water partition coefficient (Wildman–Crippen LogP) is 5.15. The van der Waals surface area contributed by atoms with Crippen LogP contribution in [0, 0.1) is 0 Å². The molecule has 0 unspecified atom stereocenters. The maximum absolute atomic E-state index is 13.2. The van der Waals surface area contributed by atoms with E-state index >= 15 is 0 Å². The number of benzene rings is 3. The van der Waals surface area contributed by atoms with Crippen LogP contribution >= 0.6 is 0 Å². The molecule has 0 aliphatic carbocycles. The number of aromatic nitrogens is 3. The molecule has 0 bridgehead atoms. The molecule has 0 saturated carbocycles. The number of carbonyl (C=O) groups is 2. The van der Waals surface area contributed by atoms with E-state index in [0.717, 1.165) is 44.0 Å². The van der Waals surface area contributed by atoms with Crippen LogP contribution in [-0.4, -0.2) is 59.0 Å². The van der Waals surface area contributed by atoms with Crippen LogP contribution in [0.4, 0.5) is 11.5 Å². The molecule has 3 aromatic carbocycles. The van der Waals surface area contributed by atoms with Crippen LogP contribution in [0.1, 0.15) is 37.5 Å². The van der Waals surface area contributed by atoms with Crippen molar-refractivity contribution >= 4 is 34.4 Å². The summed E-state index contributed by atoms with van der Waals surface area (Å²) >= 11 is 0. The third-order valence-corrected chi connectivity index (χ3v) is 7.69. The van der Waals surface area contributed by atoms with Gasteiger partial charge in [0.05, 0.1) is 37.0 Å². The van der Waals surface area contributed by atoms with Crippen molar-refractivity contribution in [3.05, 3.63) is 113 Å². The van der Waals surface area contributed by atoms with Gasteiger partial charge in [0.2, 0.25) is 0 Å². The van der Waals surface area contributed by atoms with Gasteiger partial charge in [0.1, 0.15) is 11.5 Å². The number of nitrogens with zero attached hydrogens (tertiary/aromatic N) is 4. The Hall–Kier alpha value is -5.35. The second-order valence-electron chi connectivity index (χ2n) is 10.5. The Morgan fingerprint density at radius 3 is 2.36 bits per heavy atom. The largest absolute Gasteiger partial charge is 0.493 e. The van der Waals surface area contributed by atoms with Crippen LogP contribution in [-0.2, 0) is 19.4 Å². The zero-order chi connectivity index (χ0) is 30.5. The number of ether oxygens (including phenoxy) is 2. The van der Waals surface area contributed by atoms with Crippen molar-refractivity contribution in [1.82, 2.24) is 19.9 Å². The molecule has 2 aromatic heterocycles. The number of pyridine rings is 1. The fourth-order valence-corrected chi connectivity index (χ4v) is 5.30. The van der Waals surface area contributed by atoms with Crippen LogP contribution in [0.25, 0.3) is 11.0 Å². The Bertz CT molecular complexity index is 1830. The fourth-order valence-electron chi connectivity index (χ4n) is 5.30. The molecule has 0 saturated heterocycles. The van der Waals surface area contributed by atoms with Gasteiger partial charge < -0.3 is 20.1 Å². The minimum Gasteiger partial charge on any atom is -0.493 e. The molecule has 0 spiro atoms. The molecule has 2 N–H and O–H groups in total. The molecule has 6 rings (SSSR count). The number of para-hydroxylation sites is 2. The highest BCUT2D eigenvalue weighted by Gasteiger charge is 2.20. The molecule has 1 aliphatic rings. The van der Waals surface area contributed by atoms with E-state index in [0.29, 0.717) is 16.7 Å². The number of fused-ring (bicyclic) bond motifs is 2. The quantitative estimate of drug-likeness (QED) is 0.243. The molecule has 0 fully saturated rings. The summed E-state index contributed by atoms with van der Waals surface area (Å²) in [5, 5.41) is 5.61. The summed E-state index contributed by atoms with van der Waals surface area (Å²) in [5.74, 6) is 0.778. The minimum absolute atomic E-state index is 0.130. The number of rotatable bonds is 9. The van der Waals surface area contributed by atoms with E-state index in [1.165, 1.54) is 29.1 Å². The lowest BCUT2D eigenvalue weighted by molar-refractivity contribution is 0.102. The molecule has 44 heavy (non-hydrogen) atoms. The first kappa shape index (κ1) is 28.8. The number of nitrogens with one attached hydrogen (secondary N) is 2. The van der Waals surface area contributed by atoms with Crippen molar-refractivity contribution in [1.29, 1.82) is 0 Å². The van der Waals surface area contributed by atoms with Crippen molar-refractivity contribution in [3.63, 3.8) is 0 Å². The SMILES string of the molecule is COc1cc2c(cc1OC)CN(CCc1ccc(NC(=O)c3cccnc3NC(=O)c3cnc4ccccc4n3)cc1)CC2. The van der Waals surface area contributed by atoms with Crippen molar-refractivity contribution < 1.29 is 19.1 Å². The third kappa shape index (κ3) is 6.35. The lowest BCUT2D eigenvalue weighted by atomic mass is 9.98. The molecule has 0 radical (unpaired) electrons. The summed E-state index contributed by atoms with van der Waals surface area (Å²) in [6, 6.07) is 22.5. The van der Waals surface area contributed by atoms with Gasteiger partial charge in [-0.25, -0.2) is 9.97 Å². The molecule has 5 aromatic rings. The van der Waals surface area contributed by atoms with Crippen molar-refractivity contribution in [3.8, 4) is 11.5 Å². The highest BCUT2D eigenvalue weighted by molar-refractivity contribution is 6.11. The van der Waals surface area contributed by atoms with E-state index in [2.05, 4.69) is 42.6 Å². The smallest absolute Gasteiger partial charge is 0.277 e. The number of carbonyl (C=O) groups excluding carboxylic acids is 2. The Morgan fingerprint density at radius 2 is 1.59 bits per heavy atom. The summed E-state index contributed by atoms with van der Waals surface area (Å²) in [7, 11) is 3.32. The maximum Gasteiger partial charge on any atom is 0.277 e. The summed E-state index contributed by atoms with van der Waals surface area (Å²) < 4.78 is 10.9. The Labute approximate surface area is 255 Å². The van der Waals surface area contributed by atoms with Gasteiger partial charge in [0, 0.05) is 31.5 Å². The van der Waals surface area contributed by atoms with Gasteiger partial charge in [-0.2, -0.15) is 0 Å². The molecule has 1 aliphatic heterocycles. The Balaban J connectivity index is 1.06. The Morgan fingerprint density at radius 1 is 0.841 bits per heavy atom. The van der Waals surface area contributed by atoms with E-state index < -0.39 is 5.91 Å². The molecule has 3 heterocycles. The highest BCUT2D eigenvalue weighted by Crippen LogP contribution is 2.33. The molecule has 222 valence electrons. The Kier molecular flexibility index (Phi) is 8.42. The van der Waals surface area contributed by atoms with Gasteiger partial charge in [-0.3, -0.25) is 19.5 Å². The van der Waals surface area contributed by atoms with Crippen LogP contribution in [0.15, 0.2) is 85.2 Å². The monoisotopic (exact) mass is 588 g/mol. The van der Waals surface area contributed by atoms with Crippen LogP contribution in [0.3, 0.4) is 0 Å². The van der Waals surface area contributed by atoms with E-state index in [4.69, 9.17) is 9.47 Å². The first-order valence-electron chi connectivity index (χ1n) is 14.4. The zero-order valence-corrected chi connectivity index (χ0v) is 24.5. The number of anilines is 2. The average molecular weight is 589 g/mol. The summed E-state index contributed by atoms with van der Waals surface area (Å²) in [4.78, 5) is 41.4. The molecular formula is C34H32N6O4. The van der Waals surface area contributed by atoms with Crippen molar-refractivity contribution in [2.45, 2.75) is 19.4 Å². The molecule has 10 heteroatoms. The number of amides is 2. The molecule has 10 nitrogen and oxygen atoms in total. The lowest BCUT2D eigenvalue weighted by Crippen LogP contribution is -2.32. The van der Waals surface area contributed by atoms with Gasteiger partial charge in [-0.05, 0) is 78.1 Å². The van der Waals surface area contributed by atoms with Gasteiger partial charge in [0.15, 0.2) is 11.5 Å². The lowest BCUT2D eigenvalue weighted by Gasteiger charge is -2.29. The number of hydrogen-bond acceptors (Lipinski definition) is 8. The van der Waals surface area contributed by atoms with Crippen LogP contribution in [0.2, 0.25) is 0 Å².